The van der Waals surface area contributed by atoms with Crippen LogP contribution in [0.25, 0.3) is 11.1 Å². The number of hydrogen-bond acceptors (Lipinski definition) is 6. The summed E-state index contributed by atoms with van der Waals surface area (Å²) in [6.45, 7) is 4.20. The Kier molecular flexibility index (Phi) is 7.26. The fraction of sp³-hybridized carbons (Fsp3) is 0.350. The first kappa shape index (κ1) is 20.9. The number of halogens is 1. The molecule has 154 valence electrons. The van der Waals surface area contributed by atoms with Crippen molar-refractivity contribution in [2.75, 3.05) is 50.8 Å². The highest BCUT2D eigenvalue weighted by atomic mass is 35.5. The normalized spacial score (nSPS) is 14.4. The van der Waals surface area contributed by atoms with Crippen LogP contribution in [0.2, 0.25) is 5.02 Å². The van der Waals surface area contributed by atoms with E-state index in [0.717, 1.165) is 43.1 Å². The summed E-state index contributed by atoms with van der Waals surface area (Å²) in [6.07, 6.45) is 1.24. The molecule has 0 bridgehead atoms. The predicted octanol–water partition coefficient (Wildman–Crippen LogP) is 1.74. The van der Waals surface area contributed by atoms with E-state index in [9.17, 15) is 9.59 Å². The summed E-state index contributed by atoms with van der Waals surface area (Å²) in [5.41, 5.74) is 7.00. The average molecular weight is 418 g/mol. The maximum absolute atomic E-state index is 11.4. The number of piperazine rings is 1. The molecule has 1 fully saturated rings. The molecule has 0 aliphatic carbocycles. The lowest BCUT2D eigenvalue weighted by Gasteiger charge is -2.35. The van der Waals surface area contributed by atoms with Gasteiger partial charge in [0.25, 0.3) is 5.91 Å². The van der Waals surface area contributed by atoms with Gasteiger partial charge in [-0.15, -0.1) is 0 Å². The first-order valence-electron chi connectivity index (χ1n) is 9.39. The Hall–Kier alpha value is -2.84. The van der Waals surface area contributed by atoms with Gasteiger partial charge in [0.1, 0.15) is 5.82 Å². The molecule has 1 saturated heterocycles. The van der Waals surface area contributed by atoms with E-state index >= 15 is 0 Å². The monoisotopic (exact) mass is 417 g/mol. The van der Waals surface area contributed by atoms with E-state index in [1.807, 2.05) is 36.5 Å². The summed E-state index contributed by atoms with van der Waals surface area (Å²) in [5.74, 6) is 0.272. The van der Waals surface area contributed by atoms with Crippen molar-refractivity contribution >= 4 is 29.4 Å². The number of pyridine rings is 1. The Morgan fingerprint density at radius 2 is 1.93 bits per heavy atom. The van der Waals surface area contributed by atoms with Crippen molar-refractivity contribution in [1.29, 1.82) is 0 Å². The molecule has 0 unspecified atom stereocenters. The van der Waals surface area contributed by atoms with Gasteiger partial charge in [0, 0.05) is 56.1 Å². The molecule has 3 N–H and O–H groups in total. The Balaban J connectivity index is 1.42. The minimum atomic E-state index is -0.675. The van der Waals surface area contributed by atoms with Crippen molar-refractivity contribution in [3.05, 3.63) is 47.6 Å². The highest BCUT2D eigenvalue weighted by Crippen LogP contribution is 2.24. The van der Waals surface area contributed by atoms with Crippen LogP contribution < -0.4 is 16.0 Å². The van der Waals surface area contributed by atoms with Crippen molar-refractivity contribution in [3.8, 4) is 11.1 Å². The maximum atomic E-state index is 11.4. The number of rotatable bonds is 7. The SMILES string of the molecule is NC(=O)COC(=O)NCCN1CCN(c2ccc(-c3cccc(Cl)c3)cn2)CC1. The van der Waals surface area contributed by atoms with Gasteiger partial charge in [0.2, 0.25) is 0 Å². The number of aromatic nitrogens is 1. The van der Waals surface area contributed by atoms with Crippen molar-refractivity contribution in [2.24, 2.45) is 5.73 Å². The number of anilines is 1. The molecule has 1 aromatic heterocycles. The molecule has 0 spiro atoms. The predicted molar refractivity (Wildman–Crippen MR) is 112 cm³/mol. The molecular formula is C20H24ClN5O3. The van der Waals surface area contributed by atoms with Crippen molar-refractivity contribution < 1.29 is 14.3 Å². The van der Waals surface area contributed by atoms with Gasteiger partial charge >= 0.3 is 6.09 Å². The molecule has 1 aliphatic heterocycles. The highest BCUT2D eigenvalue weighted by molar-refractivity contribution is 6.30. The summed E-state index contributed by atoms with van der Waals surface area (Å²) < 4.78 is 4.65. The molecule has 0 radical (unpaired) electrons. The number of carbonyl (C=O) groups is 2. The zero-order valence-electron chi connectivity index (χ0n) is 16.0. The minimum Gasteiger partial charge on any atom is -0.439 e. The summed E-state index contributed by atoms with van der Waals surface area (Å²) in [6, 6.07) is 11.8. The zero-order valence-corrected chi connectivity index (χ0v) is 16.8. The van der Waals surface area contributed by atoms with E-state index < -0.39 is 18.6 Å². The number of alkyl carbamates (subject to hydrolysis) is 1. The standard InChI is InChI=1S/C20H24ClN5O3/c21-17-3-1-2-15(12-17)16-4-5-19(24-13-16)26-10-8-25(9-11-26)7-6-23-20(28)29-14-18(22)27/h1-5,12-13H,6-11,14H2,(H2,22,27)(H,23,28). The van der Waals surface area contributed by atoms with Gasteiger partial charge in [-0.3, -0.25) is 9.69 Å². The summed E-state index contributed by atoms with van der Waals surface area (Å²) in [7, 11) is 0. The molecule has 8 nitrogen and oxygen atoms in total. The Bertz CT molecular complexity index is 838. The molecule has 0 saturated carbocycles. The van der Waals surface area contributed by atoms with Crippen LogP contribution in [-0.2, 0) is 9.53 Å². The third kappa shape index (κ3) is 6.33. The third-order valence-corrected chi connectivity index (χ3v) is 4.88. The van der Waals surface area contributed by atoms with Gasteiger partial charge in [0.05, 0.1) is 0 Å². The number of nitrogens with two attached hydrogens (primary N) is 1. The van der Waals surface area contributed by atoms with Gasteiger partial charge in [-0.2, -0.15) is 0 Å². The molecule has 1 aromatic carbocycles. The summed E-state index contributed by atoms with van der Waals surface area (Å²) >= 11 is 6.06. The van der Waals surface area contributed by atoms with Gasteiger partial charge in [-0.1, -0.05) is 23.7 Å². The quantitative estimate of drug-likeness (QED) is 0.711. The van der Waals surface area contributed by atoms with E-state index in [4.69, 9.17) is 17.3 Å². The van der Waals surface area contributed by atoms with E-state index in [0.29, 0.717) is 18.1 Å². The number of benzene rings is 1. The first-order valence-corrected chi connectivity index (χ1v) is 9.77. The molecule has 0 atom stereocenters. The highest BCUT2D eigenvalue weighted by Gasteiger charge is 2.18. The fourth-order valence-electron chi connectivity index (χ4n) is 3.12. The van der Waals surface area contributed by atoms with Crippen LogP contribution in [0.3, 0.4) is 0 Å². The van der Waals surface area contributed by atoms with Gasteiger partial charge < -0.3 is 20.7 Å². The van der Waals surface area contributed by atoms with Crippen molar-refractivity contribution in [1.82, 2.24) is 15.2 Å². The second kappa shape index (κ2) is 10.1. The Labute approximate surface area is 174 Å². The lowest BCUT2D eigenvalue weighted by atomic mass is 10.1. The molecule has 1 aliphatic rings. The lowest BCUT2D eigenvalue weighted by Crippen LogP contribution is -2.48. The zero-order chi connectivity index (χ0) is 20.6. The van der Waals surface area contributed by atoms with Crippen LogP contribution in [0.1, 0.15) is 0 Å². The van der Waals surface area contributed by atoms with Gasteiger partial charge in [-0.25, -0.2) is 9.78 Å². The second-order valence-corrected chi connectivity index (χ2v) is 7.15. The number of carbonyl (C=O) groups excluding carboxylic acids is 2. The molecule has 2 amide bonds. The third-order valence-electron chi connectivity index (χ3n) is 4.64. The fourth-order valence-corrected chi connectivity index (χ4v) is 3.31. The van der Waals surface area contributed by atoms with Crippen LogP contribution in [0.15, 0.2) is 42.6 Å². The molecule has 9 heteroatoms. The number of ether oxygens (including phenoxy) is 1. The molecule has 3 rings (SSSR count). The van der Waals surface area contributed by atoms with Gasteiger partial charge in [0.15, 0.2) is 6.61 Å². The molecular weight excluding hydrogens is 394 g/mol. The topological polar surface area (TPSA) is 101 Å². The number of amides is 2. The Morgan fingerprint density at radius 3 is 2.59 bits per heavy atom. The largest absolute Gasteiger partial charge is 0.439 e. The van der Waals surface area contributed by atoms with Gasteiger partial charge in [-0.05, 0) is 29.8 Å². The first-order chi connectivity index (χ1) is 14.0. The Morgan fingerprint density at radius 1 is 1.14 bits per heavy atom. The van der Waals surface area contributed by atoms with Crippen LogP contribution in [0.5, 0.6) is 0 Å². The van der Waals surface area contributed by atoms with E-state index in [-0.39, 0.29) is 0 Å². The van der Waals surface area contributed by atoms with E-state index in [2.05, 4.69) is 30.9 Å². The molecule has 29 heavy (non-hydrogen) atoms. The van der Waals surface area contributed by atoms with Crippen LogP contribution in [0, 0.1) is 0 Å². The van der Waals surface area contributed by atoms with Crippen LogP contribution >= 0.6 is 11.6 Å². The molecule has 2 aromatic rings. The maximum Gasteiger partial charge on any atom is 0.407 e. The van der Waals surface area contributed by atoms with E-state index in [1.165, 1.54) is 0 Å². The smallest absolute Gasteiger partial charge is 0.407 e. The summed E-state index contributed by atoms with van der Waals surface area (Å²) in [4.78, 5) is 31.1. The summed E-state index contributed by atoms with van der Waals surface area (Å²) in [5, 5.41) is 3.31. The average Bonchev–Trinajstić information content (AvgIpc) is 2.73. The lowest BCUT2D eigenvalue weighted by molar-refractivity contribution is -0.120. The van der Waals surface area contributed by atoms with Crippen molar-refractivity contribution in [2.45, 2.75) is 0 Å². The van der Waals surface area contributed by atoms with Crippen LogP contribution in [0.4, 0.5) is 10.6 Å². The number of primary amides is 1. The number of nitrogens with one attached hydrogen (secondary N) is 1. The van der Waals surface area contributed by atoms with Crippen LogP contribution in [-0.4, -0.2) is 67.8 Å². The molecule has 2 heterocycles. The second-order valence-electron chi connectivity index (χ2n) is 6.71. The number of hydrogen-bond donors (Lipinski definition) is 2. The minimum absolute atomic E-state index is 0.409. The number of nitrogens with zero attached hydrogens (tertiary/aromatic N) is 3. The van der Waals surface area contributed by atoms with Crippen molar-refractivity contribution in [3.63, 3.8) is 0 Å². The van der Waals surface area contributed by atoms with E-state index in [1.54, 1.807) is 0 Å².